The lowest BCUT2D eigenvalue weighted by Gasteiger charge is -2.26. The van der Waals surface area contributed by atoms with E-state index in [9.17, 15) is 15.3 Å². The van der Waals surface area contributed by atoms with Crippen molar-refractivity contribution in [2.45, 2.75) is 6.10 Å². The Hall–Kier alpha value is -3.22. The topological polar surface area (TPSA) is 97.6 Å². The lowest BCUT2D eigenvalue weighted by atomic mass is 10.0. The number of fused-ring (bicyclic) bond motifs is 1. The Labute approximate surface area is 144 Å². The van der Waals surface area contributed by atoms with Crippen LogP contribution in [-0.2, 0) is 0 Å². The first-order valence-corrected chi connectivity index (χ1v) is 7.41. The van der Waals surface area contributed by atoms with Crippen LogP contribution < -0.4 is 18.9 Å². The summed E-state index contributed by atoms with van der Waals surface area (Å²) in [4.78, 5) is 0. The first kappa shape index (κ1) is 16.6. The van der Waals surface area contributed by atoms with Gasteiger partial charge in [-0.3, -0.25) is 0 Å². The molecule has 1 aliphatic heterocycles. The number of phenols is 2. The fraction of sp³-hybridized carbons (Fsp3) is 0.222. The van der Waals surface area contributed by atoms with E-state index in [1.54, 1.807) is 6.07 Å². The molecule has 132 valence electrons. The van der Waals surface area contributed by atoms with Crippen molar-refractivity contribution in [2.24, 2.45) is 0 Å². The van der Waals surface area contributed by atoms with Crippen LogP contribution in [0, 0.1) is 0 Å². The van der Waals surface area contributed by atoms with Gasteiger partial charge in [-0.2, -0.15) is 0 Å². The molecular weight excluding hydrogens is 328 g/mol. The van der Waals surface area contributed by atoms with Crippen molar-refractivity contribution in [1.82, 2.24) is 0 Å². The third-order valence-electron chi connectivity index (χ3n) is 3.94. The molecule has 7 heteroatoms. The van der Waals surface area contributed by atoms with Crippen LogP contribution in [0.5, 0.6) is 34.5 Å². The van der Waals surface area contributed by atoms with E-state index in [0.29, 0.717) is 22.6 Å². The SMILES string of the molecule is COc1cc(O)c2c(c1)OC(c1cc(OC)c(O)c(OC)c1)C(O)=C2. The molecule has 0 aromatic heterocycles. The molecule has 0 saturated carbocycles. The van der Waals surface area contributed by atoms with Crippen molar-refractivity contribution in [1.29, 1.82) is 0 Å². The third-order valence-corrected chi connectivity index (χ3v) is 3.94. The van der Waals surface area contributed by atoms with E-state index in [-0.39, 0.29) is 28.8 Å². The molecule has 0 amide bonds. The molecule has 2 aromatic rings. The molecule has 3 rings (SSSR count). The van der Waals surface area contributed by atoms with E-state index < -0.39 is 6.10 Å². The molecule has 1 heterocycles. The monoisotopic (exact) mass is 346 g/mol. The van der Waals surface area contributed by atoms with Gasteiger partial charge in [0.2, 0.25) is 5.75 Å². The quantitative estimate of drug-likeness (QED) is 0.782. The Balaban J connectivity index is 2.08. The summed E-state index contributed by atoms with van der Waals surface area (Å²) in [5.41, 5.74) is 0.862. The highest BCUT2D eigenvalue weighted by Crippen LogP contribution is 2.45. The minimum atomic E-state index is -0.859. The number of ether oxygens (including phenoxy) is 4. The van der Waals surface area contributed by atoms with Gasteiger partial charge < -0.3 is 34.3 Å². The van der Waals surface area contributed by atoms with Gasteiger partial charge in [0.05, 0.1) is 26.9 Å². The van der Waals surface area contributed by atoms with E-state index >= 15 is 0 Å². The summed E-state index contributed by atoms with van der Waals surface area (Å²) >= 11 is 0. The highest BCUT2D eigenvalue weighted by molar-refractivity contribution is 5.70. The van der Waals surface area contributed by atoms with Gasteiger partial charge in [0.15, 0.2) is 17.6 Å². The maximum Gasteiger partial charge on any atom is 0.200 e. The van der Waals surface area contributed by atoms with Gasteiger partial charge in [0.25, 0.3) is 0 Å². The molecule has 1 atom stereocenters. The first-order valence-electron chi connectivity index (χ1n) is 7.41. The Morgan fingerprint density at radius 3 is 2.08 bits per heavy atom. The van der Waals surface area contributed by atoms with Gasteiger partial charge >= 0.3 is 0 Å². The molecule has 3 N–H and O–H groups in total. The molecule has 0 saturated heterocycles. The summed E-state index contributed by atoms with van der Waals surface area (Å²) in [7, 11) is 4.30. The predicted octanol–water partition coefficient (Wildman–Crippen LogP) is 3.16. The van der Waals surface area contributed by atoms with Crippen LogP contribution in [0.1, 0.15) is 17.2 Å². The average molecular weight is 346 g/mol. The predicted molar refractivity (Wildman–Crippen MR) is 89.8 cm³/mol. The summed E-state index contributed by atoms with van der Waals surface area (Å²) in [5.74, 6) is 0.821. The molecule has 7 nitrogen and oxygen atoms in total. The van der Waals surface area contributed by atoms with E-state index in [1.165, 1.54) is 45.6 Å². The molecule has 1 unspecified atom stereocenters. The minimum Gasteiger partial charge on any atom is -0.508 e. The number of rotatable bonds is 4. The summed E-state index contributed by atoms with van der Waals surface area (Å²) in [6.07, 6.45) is 0.562. The Kier molecular flexibility index (Phi) is 4.22. The van der Waals surface area contributed by atoms with Crippen LogP contribution in [0.25, 0.3) is 6.08 Å². The molecule has 25 heavy (non-hydrogen) atoms. The van der Waals surface area contributed by atoms with Gasteiger partial charge in [0, 0.05) is 17.7 Å². The van der Waals surface area contributed by atoms with Crippen molar-refractivity contribution in [2.75, 3.05) is 21.3 Å². The molecule has 0 bridgehead atoms. The molecule has 0 aliphatic carbocycles. The van der Waals surface area contributed by atoms with Crippen molar-refractivity contribution in [3.8, 4) is 34.5 Å². The van der Waals surface area contributed by atoms with Gasteiger partial charge in [-0.1, -0.05) is 0 Å². The highest BCUT2D eigenvalue weighted by Gasteiger charge is 2.28. The summed E-state index contributed by atoms with van der Waals surface area (Å²) in [6, 6.07) is 6.12. The maximum atomic E-state index is 10.4. The lowest BCUT2D eigenvalue weighted by molar-refractivity contribution is 0.172. The average Bonchev–Trinajstić information content (AvgIpc) is 2.62. The van der Waals surface area contributed by atoms with Gasteiger partial charge in [-0.15, -0.1) is 0 Å². The highest BCUT2D eigenvalue weighted by atomic mass is 16.5. The number of aliphatic hydroxyl groups is 1. The van der Waals surface area contributed by atoms with Gasteiger partial charge in [-0.25, -0.2) is 0 Å². The molecular formula is C18H18O7. The number of hydrogen-bond acceptors (Lipinski definition) is 7. The molecule has 0 fully saturated rings. The smallest absolute Gasteiger partial charge is 0.200 e. The minimum absolute atomic E-state index is 0.0692. The molecule has 0 spiro atoms. The van der Waals surface area contributed by atoms with E-state index in [4.69, 9.17) is 18.9 Å². The first-order chi connectivity index (χ1) is 12.0. The summed E-state index contributed by atoms with van der Waals surface area (Å²) in [5, 5.41) is 30.4. The zero-order chi connectivity index (χ0) is 18.1. The lowest BCUT2D eigenvalue weighted by Crippen LogP contribution is -2.15. The van der Waals surface area contributed by atoms with Crippen LogP contribution in [0.15, 0.2) is 30.0 Å². The second-order valence-electron chi connectivity index (χ2n) is 5.40. The summed E-state index contributed by atoms with van der Waals surface area (Å²) < 4.78 is 21.2. The second-order valence-corrected chi connectivity index (χ2v) is 5.40. The Morgan fingerprint density at radius 1 is 0.880 bits per heavy atom. The summed E-state index contributed by atoms with van der Waals surface area (Å²) in [6.45, 7) is 0. The Morgan fingerprint density at radius 2 is 1.52 bits per heavy atom. The van der Waals surface area contributed by atoms with Crippen molar-refractivity contribution in [3.63, 3.8) is 0 Å². The molecule has 1 aliphatic rings. The largest absolute Gasteiger partial charge is 0.508 e. The number of aromatic hydroxyl groups is 2. The van der Waals surface area contributed by atoms with Crippen molar-refractivity contribution in [3.05, 3.63) is 41.2 Å². The van der Waals surface area contributed by atoms with Crippen LogP contribution in [-0.4, -0.2) is 36.6 Å². The van der Waals surface area contributed by atoms with Gasteiger partial charge in [0.1, 0.15) is 23.0 Å². The fourth-order valence-electron chi connectivity index (χ4n) is 2.66. The Bertz CT molecular complexity index is 817. The number of phenolic OH excluding ortho intramolecular Hbond substituents is 2. The number of hydrogen-bond donors (Lipinski definition) is 3. The van der Waals surface area contributed by atoms with Crippen molar-refractivity contribution >= 4 is 6.08 Å². The number of methoxy groups -OCH3 is 3. The molecule has 2 aromatic carbocycles. The van der Waals surface area contributed by atoms with Gasteiger partial charge in [-0.05, 0) is 18.2 Å². The maximum absolute atomic E-state index is 10.4. The van der Waals surface area contributed by atoms with Crippen LogP contribution in [0.2, 0.25) is 0 Å². The standard InChI is InChI=1S/C18H18O7/c1-22-10-6-12(19)11-8-13(20)18(25-14(11)7-10)9-4-15(23-2)17(21)16(5-9)24-3/h4-8,18-21H,1-3H3. The molecule has 0 radical (unpaired) electrons. The normalized spacial score (nSPS) is 15.6. The third kappa shape index (κ3) is 2.84. The van der Waals surface area contributed by atoms with E-state index in [1.807, 2.05) is 0 Å². The van der Waals surface area contributed by atoms with Crippen LogP contribution in [0.4, 0.5) is 0 Å². The van der Waals surface area contributed by atoms with Crippen molar-refractivity contribution < 1.29 is 34.3 Å². The van der Waals surface area contributed by atoms with E-state index in [0.717, 1.165) is 0 Å². The fourth-order valence-corrected chi connectivity index (χ4v) is 2.66. The second kappa shape index (κ2) is 6.35. The van der Waals surface area contributed by atoms with Crippen LogP contribution >= 0.6 is 0 Å². The zero-order valence-electron chi connectivity index (χ0n) is 13.9. The van der Waals surface area contributed by atoms with Crippen LogP contribution in [0.3, 0.4) is 0 Å². The number of aliphatic hydroxyl groups excluding tert-OH is 1. The number of benzene rings is 2. The zero-order valence-corrected chi connectivity index (χ0v) is 13.9. The van der Waals surface area contributed by atoms with E-state index in [2.05, 4.69) is 0 Å².